The van der Waals surface area contributed by atoms with Crippen molar-refractivity contribution in [1.29, 1.82) is 0 Å². The molecule has 1 aliphatic rings. The second-order valence-corrected chi connectivity index (χ2v) is 7.49. The van der Waals surface area contributed by atoms with E-state index in [2.05, 4.69) is 0 Å². The summed E-state index contributed by atoms with van der Waals surface area (Å²) < 4.78 is 25.9. The summed E-state index contributed by atoms with van der Waals surface area (Å²) in [6, 6.07) is 4.74. The number of non-ortho nitro benzene ring substituents is 1. The van der Waals surface area contributed by atoms with E-state index in [1.807, 2.05) is 0 Å². The lowest BCUT2D eigenvalue weighted by atomic mass is 10.0. The maximum atomic E-state index is 12.4. The standard InChI is InChI=1S/C13H18N2O5S/c1-14(10-13(16)8-2-3-9-13)21(19,20)12-6-4-11(5-7-12)15(17)18/h4-7,16H,2-3,8-10H2,1H3. The highest BCUT2D eigenvalue weighted by molar-refractivity contribution is 7.89. The van der Waals surface area contributed by atoms with Crippen LogP contribution < -0.4 is 0 Å². The van der Waals surface area contributed by atoms with E-state index in [0.29, 0.717) is 12.8 Å². The summed E-state index contributed by atoms with van der Waals surface area (Å²) in [7, 11) is -2.35. The van der Waals surface area contributed by atoms with Crippen LogP contribution in [0, 0.1) is 10.1 Å². The molecule has 0 heterocycles. The second kappa shape index (κ2) is 5.70. The van der Waals surface area contributed by atoms with Crippen LogP contribution in [0.2, 0.25) is 0 Å². The Balaban J connectivity index is 2.18. The minimum atomic E-state index is -3.76. The predicted molar refractivity (Wildman–Crippen MR) is 76.3 cm³/mol. The highest BCUT2D eigenvalue weighted by atomic mass is 32.2. The third-order valence-electron chi connectivity index (χ3n) is 3.81. The van der Waals surface area contributed by atoms with Crippen LogP contribution in [0.1, 0.15) is 25.7 Å². The largest absolute Gasteiger partial charge is 0.389 e. The molecule has 1 aromatic carbocycles. The fourth-order valence-electron chi connectivity index (χ4n) is 2.61. The number of hydrogen-bond acceptors (Lipinski definition) is 5. The predicted octanol–water partition coefficient (Wildman–Crippen LogP) is 1.52. The minimum Gasteiger partial charge on any atom is -0.389 e. The lowest BCUT2D eigenvalue weighted by molar-refractivity contribution is -0.384. The first kappa shape index (κ1) is 15.9. The van der Waals surface area contributed by atoms with Gasteiger partial charge in [0.1, 0.15) is 0 Å². The molecule has 0 aliphatic heterocycles. The highest BCUT2D eigenvalue weighted by Crippen LogP contribution is 2.31. The maximum Gasteiger partial charge on any atom is 0.269 e. The number of aliphatic hydroxyl groups is 1. The van der Waals surface area contributed by atoms with Crippen molar-refractivity contribution in [2.75, 3.05) is 13.6 Å². The molecule has 0 aromatic heterocycles. The second-order valence-electron chi connectivity index (χ2n) is 5.44. The van der Waals surface area contributed by atoms with Crippen LogP contribution in [0.5, 0.6) is 0 Å². The van der Waals surface area contributed by atoms with Crippen LogP contribution in [-0.4, -0.2) is 41.9 Å². The maximum absolute atomic E-state index is 12.4. The molecule has 0 spiro atoms. The zero-order valence-electron chi connectivity index (χ0n) is 11.7. The van der Waals surface area contributed by atoms with Crippen LogP contribution in [-0.2, 0) is 10.0 Å². The first-order chi connectivity index (χ1) is 9.74. The van der Waals surface area contributed by atoms with Gasteiger partial charge in [-0.3, -0.25) is 10.1 Å². The molecule has 0 amide bonds. The molecule has 0 bridgehead atoms. The van der Waals surface area contributed by atoms with Crippen molar-refractivity contribution >= 4 is 15.7 Å². The fourth-order valence-corrected chi connectivity index (χ4v) is 3.86. The van der Waals surface area contributed by atoms with Gasteiger partial charge in [0.15, 0.2) is 0 Å². The Hall–Kier alpha value is -1.51. The van der Waals surface area contributed by atoms with Crippen molar-refractivity contribution in [1.82, 2.24) is 4.31 Å². The highest BCUT2D eigenvalue weighted by Gasteiger charge is 2.35. The van der Waals surface area contributed by atoms with E-state index in [4.69, 9.17) is 0 Å². The number of nitro benzene ring substituents is 1. The van der Waals surface area contributed by atoms with Crippen molar-refractivity contribution in [3.63, 3.8) is 0 Å². The summed E-state index contributed by atoms with van der Waals surface area (Å²) in [6.45, 7) is 0.0340. The van der Waals surface area contributed by atoms with E-state index in [-0.39, 0.29) is 17.1 Å². The van der Waals surface area contributed by atoms with Crippen molar-refractivity contribution in [3.05, 3.63) is 34.4 Å². The molecule has 1 saturated carbocycles. The van der Waals surface area contributed by atoms with E-state index in [9.17, 15) is 23.6 Å². The molecule has 0 unspecified atom stereocenters. The Morgan fingerprint density at radius 2 is 1.81 bits per heavy atom. The SMILES string of the molecule is CN(CC1(O)CCCC1)S(=O)(=O)c1ccc([N+](=O)[O-])cc1. The average molecular weight is 314 g/mol. The van der Waals surface area contributed by atoms with Gasteiger partial charge in [-0.25, -0.2) is 8.42 Å². The summed E-state index contributed by atoms with van der Waals surface area (Å²) in [6.07, 6.45) is 2.96. The molecule has 7 nitrogen and oxygen atoms in total. The normalized spacial score (nSPS) is 18.0. The van der Waals surface area contributed by atoms with E-state index < -0.39 is 20.5 Å². The van der Waals surface area contributed by atoms with E-state index in [1.165, 1.54) is 19.2 Å². The Labute approximate surface area is 123 Å². The van der Waals surface area contributed by atoms with Crippen LogP contribution in [0.25, 0.3) is 0 Å². The number of likely N-dealkylation sites (N-methyl/N-ethyl adjacent to an activating group) is 1. The van der Waals surface area contributed by atoms with Gasteiger partial charge >= 0.3 is 0 Å². The first-order valence-corrected chi connectivity index (χ1v) is 8.12. The van der Waals surface area contributed by atoms with Crippen LogP contribution in [0.4, 0.5) is 5.69 Å². The third kappa shape index (κ3) is 3.39. The van der Waals surface area contributed by atoms with Gasteiger partial charge in [-0.15, -0.1) is 0 Å². The topological polar surface area (TPSA) is 101 Å². The molecule has 116 valence electrons. The van der Waals surface area contributed by atoms with Gasteiger partial charge in [0, 0.05) is 25.7 Å². The Morgan fingerprint density at radius 3 is 2.29 bits per heavy atom. The lowest BCUT2D eigenvalue weighted by Gasteiger charge is -2.28. The molecule has 0 radical (unpaired) electrons. The van der Waals surface area contributed by atoms with Gasteiger partial charge in [0.25, 0.3) is 5.69 Å². The average Bonchev–Trinajstić information content (AvgIpc) is 2.85. The van der Waals surface area contributed by atoms with Crippen molar-refractivity contribution in [2.45, 2.75) is 36.2 Å². The van der Waals surface area contributed by atoms with Gasteiger partial charge in [-0.1, -0.05) is 12.8 Å². The smallest absolute Gasteiger partial charge is 0.269 e. The minimum absolute atomic E-state index is 0.0165. The van der Waals surface area contributed by atoms with E-state index in [1.54, 1.807) is 0 Å². The first-order valence-electron chi connectivity index (χ1n) is 6.68. The molecule has 1 fully saturated rings. The number of benzene rings is 1. The molecular weight excluding hydrogens is 296 g/mol. The summed E-state index contributed by atoms with van der Waals surface area (Å²) in [4.78, 5) is 9.98. The van der Waals surface area contributed by atoms with Crippen LogP contribution >= 0.6 is 0 Å². The van der Waals surface area contributed by atoms with Gasteiger partial charge in [-0.2, -0.15) is 4.31 Å². The Bertz CT molecular complexity index is 620. The lowest BCUT2D eigenvalue weighted by Crippen LogP contribution is -2.41. The number of nitrogens with zero attached hydrogens (tertiary/aromatic N) is 2. The molecule has 1 aliphatic carbocycles. The van der Waals surface area contributed by atoms with Gasteiger partial charge in [0.2, 0.25) is 10.0 Å². The fraction of sp³-hybridized carbons (Fsp3) is 0.538. The number of nitro groups is 1. The van der Waals surface area contributed by atoms with Crippen LogP contribution in [0.15, 0.2) is 29.2 Å². The Kier molecular flexibility index (Phi) is 4.31. The summed E-state index contributed by atoms with van der Waals surface area (Å²) >= 11 is 0. The van der Waals surface area contributed by atoms with E-state index in [0.717, 1.165) is 29.3 Å². The molecular formula is C13H18N2O5S. The molecule has 2 rings (SSSR count). The van der Waals surface area contributed by atoms with Gasteiger partial charge in [-0.05, 0) is 25.0 Å². The molecule has 1 aromatic rings. The molecule has 0 saturated heterocycles. The zero-order chi connectivity index (χ0) is 15.7. The summed E-state index contributed by atoms with van der Waals surface area (Å²) in [5, 5.41) is 20.9. The summed E-state index contributed by atoms with van der Waals surface area (Å²) in [5.41, 5.74) is -1.13. The monoisotopic (exact) mass is 314 g/mol. The Morgan fingerprint density at radius 1 is 1.29 bits per heavy atom. The zero-order valence-corrected chi connectivity index (χ0v) is 12.5. The molecule has 0 atom stereocenters. The molecule has 1 N–H and O–H groups in total. The number of rotatable bonds is 5. The summed E-state index contributed by atoms with van der Waals surface area (Å²) in [5.74, 6) is 0. The molecule has 8 heteroatoms. The third-order valence-corrected chi connectivity index (χ3v) is 5.62. The van der Waals surface area contributed by atoms with Crippen molar-refractivity contribution in [2.24, 2.45) is 0 Å². The van der Waals surface area contributed by atoms with E-state index >= 15 is 0 Å². The number of hydrogen-bond donors (Lipinski definition) is 1. The van der Waals surface area contributed by atoms with Gasteiger partial charge < -0.3 is 5.11 Å². The quantitative estimate of drug-likeness (QED) is 0.656. The van der Waals surface area contributed by atoms with Crippen LogP contribution in [0.3, 0.4) is 0 Å². The van der Waals surface area contributed by atoms with Crippen molar-refractivity contribution < 1.29 is 18.4 Å². The van der Waals surface area contributed by atoms with Gasteiger partial charge in [0.05, 0.1) is 15.4 Å². The number of sulfonamides is 1. The van der Waals surface area contributed by atoms with Crippen molar-refractivity contribution in [3.8, 4) is 0 Å². The molecule has 21 heavy (non-hydrogen) atoms.